The van der Waals surface area contributed by atoms with Crippen molar-refractivity contribution in [3.8, 4) is 22.3 Å². The van der Waals surface area contributed by atoms with Gasteiger partial charge < -0.3 is 14.2 Å². The molecule has 0 saturated carbocycles. The minimum atomic E-state index is -0.697. The molecule has 2 aliphatic carbocycles. The van der Waals surface area contributed by atoms with Crippen LogP contribution in [0.1, 0.15) is 73.9 Å². The normalized spacial score (nSPS) is 13.2. The van der Waals surface area contributed by atoms with Gasteiger partial charge in [-0.3, -0.25) is 0 Å². The molecule has 0 fully saturated rings. The topological polar surface area (TPSA) is 19.6 Å². The van der Waals surface area contributed by atoms with E-state index in [1.807, 2.05) is 0 Å². The predicted molar refractivity (Wildman–Crippen MR) is 307 cm³/mol. The van der Waals surface area contributed by atoms with Gasteiger partial charge in [0, 0.05) is 39.4 Å². The first-order valence-electron chi connectivity index (χ1n) is 25.8. The summed E-state index contributed by atoms with van der Waals surface area (Å²) in [6.45, 7) is 11.4. The van der Waals surface area contributed by atoms with Gasteiger partial charge in [-0.2, -0.15) is 0 Å². The average molecular weight is 939 g/mol. The highest BCUT2D eigenvalue weighted by Gasteiger charge is 2.53. The zero-order chi connectivity index (χ0) is 49.2. The lowest BCUT2D eigenvalue weighted by atomic mass is 9.70. The van der Waals surface area contributed by atoms with Gasteiger partial charge >= 0.3 is 0 Å². The molecule has 1 heterocycles. The molecule has 0 unspecified atom stereocenters. The fraction of sp³-hybridized carbons (Fsp3) is 0.114. The van der Waals surface area contributed by atoms with Crippen LogP contribution in [0.25, 0.3) is 65.7 Å². The van der Waals surface area contributed by atoms with Crippen LogP contribution < -0.4 is 9.80 Å². The molecule has 0 saturated heterocycles. The first kappa shape index (κ1) is 43.2. The molecule has 12 aromatic rings. The molecule has 14 rings (SSSR count). The van der Waals surface area contributed by atoms with Crippen LogP contribution in [0.5, 0.6) is 0 Å². The third-order valence-electron chi connectivity index (χ3n) is 16.0. The first-order chi connectivity index (χ1) is 35.6. The molecule has 3 heteroatoms. The van der Waals surface area contributed by atoms with Gasteiger partial charge in [-0.25, -0.2) is 0 Å². The summed E-state index contributed by atoms with van der Waals surface area (Å²) in [4.78, 5) is 4.94. The molecule has 2 aliphatic rings. The van der Waals surface area contributed by atoms with Crippen molar-refractivity contribution in [1.29, 1.82) is 0 Å². The van der Waals surface area contributed by atoms with Crippen LogP contribution in [-0.2, 0) is 10.8 Å². The van der Waals surface area contributed by atoms with E-state index in [4.69, 9.17) is 4.42 Å². The molecule has 0 atom stereocenters. The Morgan fingerprint density at radius 2 is 0.918 bits per heavy atom. The molecule has 73 heavy (non-hydrogen) atoms. The largest absolute Gasteiger partial charge is 0.455 e. The minimum absolute atomic E-state index is 0.00438. The van der Waals surface area contributed by atoms with E-state index in [0.29, 0.717) is 5.92 Å². The SMILES string of the molecule is CC(C)c1ccc(N(c2ccc3c(c2)C2(c4ccccc4-c4ccccc42)c2cc(N(c4ccc(C(C)(C)C)cc4)c4ccc5ccccc5c4)c4c(oc5ccccc54)c2-3)c2ccc3ccccc3c2)cc1. The lowest BCUT2D eigenvalue weighted by Gasteiger charge is -2.33. The predicted octanol–water partition coefficient (Wildman–Crippen LogP) is 19.6. The summed E-state index contributed by atoms with van der Waals surface area (Å²) >= 11 is 0. The number of benzene rings is 11. The maximum atomic E-state index is 7.38. The van der Waals surface area contributed by atoms with Crippen molar-refractivity contribution < 1.29 is 4.42 Å². The van der Waals surface area contributed by atoms with Crippen LogP contribution in [0.2, 0.25) is 0 Å². The third kappa shape index (κ3) is 6.51. The monoisotopic (exact) mass is 938 g/mol. The van der Waals surface area contributed by atoms with E-state index in [1.54, 1.807) is 0 Å². The average Bonchev–Trinajstić information content (AvgIpc) is 4.06. The molecule has 3 nitrogen and oxygen atoms in total. The van der Waals surface area contributed by atoms with E-state index in [-0.39, 0.29) is 5.41 Å². The van der Waals surface area contributed by atoms with Gasteiger partial charge in [0.1, 0.15) is 11.2 Å². The molecule has 0 bridgehead atoms. The fourth-order valence-corrected chi connectivity index (χ4v) is 12.4. The summed E-state index contributed by atoms with van der Waals surface area (Å²) in [5, 5.41) is 7.01. The summed E-state index contributed by atoms with van der Waals surface area (Å²) in [5.41, 5.74) is 20.1. The van der Waals surface area contributed by atoms with Crippen LogP contribution in [0.3, 0.4) is 0 Å². The Labute approximate surface area is 427 Å². The summed E-state index contributed by atoms with van der Waals surface area (Å²) in [7, 11) is 0. The van der Waals surface area contributed by atoms with E-state index in [1.165, 1.54) is 71.6 Å². The molecule has 0 radical (unpaired) electrons. The number of fused-ring (bicyclic) bond motifs is 16. The minimum Gasteiger partial charge on any atom is -0.455 e. The van der Waals surface area contributed by atoms with Crippen molar-refractivity contribution >= 4 is 77.6 Å². The quantitative estimate of drug-likeness (QED) is 0.159. The second-order valence-electron chi connectivity index (χ2n) is 21.5. The van der Waals surface area contributed by atoms with Gasteiger partial charge in [0.15, 0.2) is 0 Å². The van der Waals surface area contributed by atoms with E-state index in [0.717, 1.165) is 61.6 Å². The van der Waals surface area contributed by atoms with Crippen molar-refractivity contribution in [3.05, 3.63) is 264 Å². The molecular weight excluding hydrogens is 885 g/mol. The molecule has 1 spiro atoms. The van der Waals surface area contributed by atoms with Gasteiger partial charge in [0.05, 0.1) is 16.5 Å². The molecule has 0 aliphatic heterocycles. The molecule has 1 aromatic heterocycles. The number of hydrogen-bond acceptors (Lipinski definition) is 3. The number of hydrogen-bond donors (Lipinski definition) is 0. The van der Waals surface area contributed by atoms with Gasteiger partial charge in [-0.1, -0.05) is 192 Å². The highest BCUT2D eigenvalue weighted by molar-refractivity contribution is 6.20. The zero-order valence-electron chi connectivity index (χ0n) is 41.8. The molecule has 11 aromatic carbocycles. The highest BCUT2D eigenvalue weighted by Crippen LogP contribution is 2.66. The van der Waals surface area contributed by atoms with Crippen LogP contribution in [0.15, 0.2) is 235 Å². The third-order valence-corrected chi connectivity index (χ3v) is 16.0. The number of furan rings is 1. The molecule has 350 valence electrons. The Hall–Kier alpha value is -8.66. The van der Waals surface area contributed by atoms with Crippen molar-refractivity contribution in [2.75, 3.05) is 9.80 Å². The number of nitrogens with zero attached hydrogens (tertiary/aromatic N) is 2. The van der Waals surface area contributed by atoms with E-state index in [2.05, 4.69) is 275 Å². The van der Waals surface area contributed by atoms with Crippen LogP contribution in [0, 0.1) is 0 Å². The van der Waals surface area contributed by atoms with Gasteiger partial charge in [0.25, 0.3) is 0 Å². The Kier molecular flexibility index (Phi) is 9.57. The molecule has 0 amide bonds. The van der Waals surface area contributed by atoms with Gasteiger partial charge in [0.2, 0.25) is 0 Å². The van der Waals surface area contributed by atoms with Gasteiger partial charge in [-0.05, 0) is 156 Å². The maximum absolute atomic E-state index is 7.38. The smallest absolute Gasteiger partial charge is 0.145 e. The van der Waals surface area contributed by atoms with Crippen LogP contribution in [-0.4, -0.2) is 0 Å². The fourth-order valence-electron chi connectivity index (χ4n) is 12.4. The number of anilines is 6. The van der Waals surface area contributed by atoms with Crippen molar-refractivity contribution in [1.82, 2.24) is 0 Å². The first-order valence-corrected chi connectivity index (χ1v) is 25.8. The summed E-state index contributed by atoms with van der Waals surface area (Å²) in [6.07, 6.45) is 0. The standard InChI is InChI=1S/C70H54N2O/c1-44(2)45-26-32-51(33-27-45)71(53-34-28-46-16-6-8-18-48(46)40-53)55-38-39-58-62(42-55)70(60-23-13-10-20-56(60)57-21-11-14-24-61(57)70)63-43-64(67-59-22-12-15-25-65(59)73-68(67)66(58)63)72(52-36-30-50(31-37-52)69(3,4)5)54-35-29-47-17-7-9-19-49(47)41-54/h6-44H,1-5H3. The molecule has 0 N–H and O–H groups in total. The van der Waals surface area contributed by atoms with E-state index >= 15 is 0 Å². The lowest BCUT2D eigenvalue weighted by molar-refractivity contribution is 0.590. The Balaban J connectivity index is 1.10. The number of rotatable bonds is 7. The van der Waals surface area contributed by atoms with Crippen LogP contribution >= 0.6 is 0 Å². The summed E-state index contributed by atoms with van der Waals surface area (Å²) < 4.78 is 7.38. The van der Waals surface area contributed by atoms with E-state index < -0.39 is 5.41 Å². The Bertz CT molecular complexity index is 4120. The van der Waals surface area contributed by atoms with Gasteiger partial charge in [-0.15, -0.1) is 0 Å². The summed E-state index contributed by atoms with van der Waals surface area (Å²) in [6, 6.07) is 86.1. The Morgan fingerprint density at radius 1 is 0.411 bits per heavy atom. The lowest BCUT2D eigenvalue weighted by Crippen LogP contribution is -2.26. The summed E-state index contributed by atoms with van der Waals surface area (Å²) in [5.74, 6) is 0.420. The van der Waals surface area contributed by atoms with Crippen molar-refractivity contribution in [2.45, 2.75) is 51.4 Å². The zero-order valence-corrected chi connectivity index (χ0v) is 41.8. The molecular formula is C70H54N2O. The number of para-hydroxylation sites is 1. The van der Waals surface area contributed by atoms with Crippen LogP contribution in [0.4, 0.5) is 34.1 Å². The van der Waals surface area contributed by atoms with E-state index in [9.17, 15) is 0 Å². The highest BCUT2D eigenvalue weighted by atomic mass is 16.3. The maximum Gasteiger partial charge on any atom is 0.145 e. The van der Waals surface area contributed by atoms with Crippen molar-refractivity contribution in [2.24, 2.45) is 0 Å². The Morgan fingerprint density at radius 3 is 1.55 bits per heavy atom. The second kappa shape index (κ2) is 16.2. The van der Waals surface area contributed by atoms with Crippen molar-refractivity contribution in [3.63, 3.8) is 0 Å². The second-order valence-corrected chi connectivity index (χ2v) is 21.5.